The molecule has 1 saturated heterocycles. The number of amides is 3. The summed E-state index contributed by atoms with van der Waals surface area (Å²) < 4.78 is 51.4. The molecule has 54 heavy (non-hydrogen) atoms. The molecule has 5 rings (SSSR count). The molecule has 0 bridgehead atoms. The number of amidine groups is 1. The first-order valence-corrected chi connectivity index (χ1v) is 21.0. The SMILES string of the molecule is CCCCCCCCCCCCCCCCCCN1C(C(C(=O)Nc2cc3c(cc2OC)OCO3)N2C(=O)OC(C)(C)C2=O)=Nc2ccccc2S1(=O)=O. The summed E-state index contributed by atoms with van der Waals surface area (Å²) >= 11 is 0. The van der Waals surface area contributed by atoms with Gasteiger partial charge in [-0.25, -0.2) is 23.1 Å². The van der Waals surface area contributed by atoms with Gasteiger partial charge in [0.05, 0.1) is 18.5 Å². The van der Waals surface area contributed by atoms with E-state index in [0.29, 0.717) is 22.8 Å². The second-order valence-electron chi connectivity index (χ2n) is 14.7. The maximum absolute atomic E-state index is 14.4. The Kier molecular flexibility index (Phi) is 14.2. The van der Waals surface area contributed by atoms with Crippen LogP contribution in [0.2, 0.25) is 0 Å². The third-order valence-corrected chi connectivity index (χ3v) is 12.0. The Balaban J connectivity index is 1.28. The Morgan fingerprint density at radius 1 is 0.870 bits per heavy atom. The maximum Gasteiger partial charge on any atom is 0.418 e. The highest BCUT2D eigenvalue weighted by molar-refractivity contribution is 7.90. The molecule has 13 nitrogen and oxygen atoms in total. The highest BCUT2D eigenvalue weighted by atomic mass is 32.2. The van der Waals surface area contributed by atoms with Gasteiger partial charge >= 0.3 is 6.09 Å². The topological polar surface area (TPSA) is 153 Å². The van der Waals surface area contributed by atoms with Crippen molar-refractivity contribution < 1.29 is 41.7 Å². The number of anilines is 1. The molecule has 3 aliphatic rings. The Bertz CT molecular complexity index is 1780. The van der Waals surface area contributed by atoms with Crippen LogP contribution in [0.3, 0.4) is 0 Å². The van der Waals surface area contributed by atoms with Crippen molar-refractivity contribution in [2.45, 2.75) is 140 Å². The molecule has 296 valence electrons. The number of para-hydroxylation sites is 1. The molecule has 2 aromatic carbocycles. The summed E-state index contributed by atoms with van der Waals surface area (Å²) in [7, 11) is -2.84. The van der Waals surface area contributed by atoms with Crippen LogP contribution in [0.4, 0.5) is 16.2 Å². The van der Waals surface area contributed by atoms with E-state index in [2.05, 4.69) is 17.2 Å². The highest BCUT2D eigenvalue weighted by Crippen LogP contribution is 2.42. The van der Waals surface area contributed by atoms with Crippen molar-refractivity contribution in [3.8, 4) is 17.2 Å². The number of fused-ring (bicyclic) bond motifs is 2. The minimum Gasteiger partial charge on any atom is -0.494 e. The number of unbranched alkanes of at least 4 members (excludes halogenated alkanes) is 15. The quantitative estimate of drug-likeness (QED) is 0.116. The van der Waals surface area contributed by atoms with Crippen LogP contribution in [0.1, 0.15) is 124 Å². The molecule has 3 amide bonds. The van der Waals surface area contributed by atoms with Gasteiger partial charge in [-0.3, -0.25) is 13.9 Å². The summed E-state index contributed by atoms with van der Waals surface area (Å²) in [6.45, 7) is 5.03. The second-order valence-corrected chi connectivity index (χ2v) is 16.5. The van der Waals surface area contributed by atoms with Gasteiger partial charge in [0.1, 0.15) is 10.6 Å². The number of carbonyl (C=O) groups excluding carboxylic acids is 3. The predicted molar refractivity (Wildman–Crippen MR) is 206 cm³/mol. The molecule has 3 aliphatic heterocycles. The zero-order valence-corrected chi connectivity index (χ0v) is 33.0. The van der Waals surface area contributed by atoms with Crippen LogP contribution in [-0.2, 0) is 24.3 Å². The van der Waals surface area contributed by atoms with E-state index < -0.39 is 39.6 Å². The first-order chi connectivity index (χ1) is 26.0. The smallest absolute Gasteiger partial charge is 0.418 e. The van der Waals surface area contributed by atoms with Gasteiger partial charge in [-0.05, 0) is 32.4 Å². The molecule has 0 saturated carbocycles. The average Bonchev–Trinajstić information content (AvgIpc) is 3.68. The molecule has 2 aromatic rings. The van der Waals surface area contributed by atoms with Crippen LogP contribution in [0.15, 0.2) is 46.3 Å². The van der Waals surface area contributed by atoms with Gasteiger partial charge in [0.15, 0.2) is 29.0 Å². The van der Waals surface area contributed by atoms with Gasteiger partial charge in [-0.15, -0.1) is 0 Å². The Morgan fingerprint density at radius 2 is 1.43 bits per heavy atom. The fourth-order valence-corrected chi connectivity index (χ4v) is 8.69. The van der Waals surface area contributed by atoms with E-state index in [1.807, 2.05) is 0 Å². The zero-order chi connectivity index (χ0) is 38.7. The van der Waals surface area contributed by atoms with Crippen molar-refractivity contribution in [3.63, 3.8) is 0 Å². The lowest BCUT2D eigenvalue weighted by molar-refractivity contribution is -0.137. The van der Waals surface area contributed by atoms with Crippen LogP contribution < -0.4 is 19.5 Å². The number of hydrogen-bond donors (Lipinski definition) is 1. The van der Waals surface area contributed by atoms with Crippen molar-refractivity contribution in [3.05, 3.63) is 36.4 Å². The molecule has 1 atom stereocenters. The summed E-state index contributed by atoms with van der Waals surface area (Å²) in [5, 5.41) is 2.73. The summed E-state index contributed by atoms with van der Waals surface area (Å²) in [6, 6.07) is 7.42. The first kappa shape index (κ1) is 40.8. The number of hydrogen-bond acceptors (Lipinski definition) is 10. The molecule has 3 heterocycles. The van der Waals surface area contributed by atoms with Crippen molar-refractivity contribution >= 4 is 45.1 Å². The number of nitrogens with one attached hydrogen (secondary N) is 1. The molecule has 0 spiro atoms. The molecule has 1 N–H and O–H groups in total. The Hall–Kier alpha value is -4.33. The predicted octanol–water partition coefficient (Wildman–Crippen LogP) is 8.48. The fraction of sp³-hybridized carbons (Fsp3) is 0.600. The molecule has 0 aliphatic carbocycles. The van der Waals surface area contributed by atoms with Crippen molar-refractivity contribution in [2.75, 3.05) is 25.8 Å². The molecule has 14 heteroatoms. The number of imide groups is 1. The lowest BCUT2D eigenvalue weighted by Crippen LogP contribution is -2.59. The van der Waals surface area contributed by atoms with Crippen molar-refractivity contribution in [1.29, 1.82) is 0 Å². The highest BCUT2D eigenvalue weighted by Gasteiger charge is 2.55. The normalized spacial score (nSPS) is 17.2. The number of nitrogens with zero attached hydrogens (tertiary/aromatic N) is 3. The van der Waals surface area contributed by atoms with Gasteiger partial charge in [0.25, 0.3) is 21.8 Å². The number of sulfonamides is 1. The van der Waals surface area contributed by atoms with Gasteiger partial charge in [-0.1, -0.05) is 115 Å². The van der Waals surface area contributed by atoms with Crippen molar-refractivity contribution in [1.82, 2.24) is 9.21 Å². The summed E-state index contributed by atoms with van der Waals surface area (Å²) in [5.74, 6) is -1.03. The largest absolute Gasteiger partial charge is 0.494 e. The standard InChI is InChI=1S/C40H56N4O9S/c1-5-6-7-8-9-10-11-12-13-14-15-16-17-18-19-22-25-43-36(41-29-23-20-21-24-34(29)54(43,48)49)35(44-38(46)40(2,3)53-39(44)47)37(45)42-30-26-32-33(52-28-51-32)27-31(30)50-4/h20-21,23-24,26-27,35H,5-19,22,25,28H2,1-4H3,(H,42,45). The number of cyclic esters (lactones) is 1. The van der Waals surface area contributed by atoms with Crippen LogP contribution in [0.25, 0.3) is 0 Å². The van der Waals surface area contributed by atoms with E-state index in [0.717, 1.165) is 30.0 Å². The Morgan fingerprint density at radius 3 is 1.98 bits per heavy atom. The fourth-order valence-electron chi connectivity index (χ4n) is 7.07. The van der Waals surface area contributed by atoms with Gasteiger partial charge < -0.3 is 24.3 Å². The van der Waals surface area contributed by atoms with E-state index in [1.54, 1.807) is 12.1 Å². The molecular weight excluding hydrogens is 713 g/mol. The lowest BCUT2D eigenvalue weighted by atomic mass is 10.0. The molecule has 1 fully saturated rings. The summed E-state index contributed by atoms with van der Waals surface area (Å²) in [5.41, 5.74) is -1.36. The zero-order valence-electron chi connectivity index (χ0n) is 32.2. The number of rotatable bonds is 22. The number of carbonyl (C=O) groups is 3. The molecule has 0 radical (unpaired) electrons. The van der Waals surface area contributed by atoms with Crippen LogP contribution in [-0.4, -0.2) is 73.5 Å². The minimum absolute atomic E-state index is 0.00839. The van der Waals surface area contributed by atoms with Crippen molar-refractivity contribution in [2.24, 2.45) is 4.99 Å². The average molecular weight is 769 g/mol. The molecule has 0 aromatic heterocycles. The number of aliphatic imine (C=N–C) groups is 1. The summed E-state index contributed by atoms with van der Waals surface area (Å²) in [6.07, 6.45) is 17.6. The lowest BCUT2D eigenvalue weighted by Gasteiger charge is -2.35. The van der Waals surface area contributed by atoms with Crippen LogP contribution >= 0.6 is 0 Å². The number of methoxy groups -OCH3 is 1. The van der Waals surface area contributed by atoms with Crippen LogP contribution in [0.5, 0.6) is 17.2 Å². The van der Waals surface area contributed by atoms with E-state index in [-0.39, 0.29) is 41.2 Å². The third kappa shape index (κ3) is 9.66. The minimum atomic E-state index is -4.25. The molecular formula is C40H56N4O9S. The van der Waals surface area contributed by atoms with E-state index in [1.165, 1.54) is 116 Å². The number of ether oxygens (including phenoxy) is 4. The van der Waals surface area contributed by atoms with Gasteiger partial charge in [0.2, 0.25) is 6.79 Å². The number of benzene rings is 2. The monoisotopic (exact) mass is 768 g/mol. The summed E-state index contributed by atoms with van der Waals surface area (Å²) in [4.78, 5) is 46.8. The van der Waals surface area contributed by atoms with Gasteiger partial charge in [0, 0.05) is 18.7 Å². The maximum atomic E-state index is 14.4. The third-order valence-electron chi connectivity index (χ3n) is 10.1. The second kappa shape index (κ2) is 18.8. The van der Waals surface area contributed by atoms with Crippen LogP contribution in [0, 0.1) is 0 Å². The van der Waals surface area contributed by atoms with E-state index in [4.69, 9.17) is 18.9 Å². The molecule has 1 unspecified atom stereocenters. The van der Waals surface area contributed by atoms with Gasteiger partial charge in [-0.2, -0.15) is 0 Å². The van der Waals surface area contributed by atoms with E-state index >= 15 is 0 Å². The van der Waals surface area contributed by atoms with E-state index in [9.17, 15) is 22.8 Å². The first-order valence-electron chi connectivity index (χ1n) is 19.5. The Labute approximate surface area is 319 Å².